The van der Waals surface area contributed by atoms with Gasteiger partial charge in [0.05, 0.1) is 11.0 Å². The molecule has 130 valence electrons. The van der Waals surface area contributed by atoms with Gasteiger partial charge in [-0.05, 0) is 31.4 Å². The van der Waals surface area contributed by atoms with E-state index in [2.05, 4.69) is 28.7 Å². The van der Waals surface area contributed by atoms with Gasteiger partial charge in [0.15, 0.2) is 0 Å². The van der Waals surface area contributed by atoms with Gasteiger partial charge < -0.3 is 14.6 Å². The lowest BCUT2D eigenvalue weighted by atomic mass is 10.2. The molecule has 1 saturated heterocycles. The molecule has 2 aromatic rings. The number of carbonyl (C=O) groups excluding carboxylic acids is 1. The summed E-state index contributed by atoms with van der Waals surface area (Å²) in [5.74, 6) is 1.52. The number of hydrogen-bond acceptors (Lipinski definition) is 4. The number of nitrogens with zero attached hydrogens (tertiary/aromatic N) is 2. The van der Waals surface area contributed by atoms with Gasteiger partial charge >= 0.3 is 0 Å². The standard InChI is InChI=1S/C18H25N3O2S/c1-13(2)17-19-9-11-21(17)10-4-8-20-18(22)16-7-6-15(24-16)14-5-3-12-23-14/h6-7,9,11,13-14H,3-5,8,10,12H2,1-2H3,(H,20,22)/t14-/m1/s1. The fraction of sp³-hybridized carbons (Fsp3) is 0.556. The van der Waals surface area contributed by atoms with E-state index < -0.39 is 0 Å². The van der Waals surface area contributed by atoms with Gasteiger partial charge in [0.1, 0.15) is 5.82 Å². The first-order chi connectivity index (χ1) is 11.6. The molecule has 1 fully saturated rings. The van der Waals surface area contributed by atoms with Crippen LogP contribution in [0.4, 0.5) is 0 Å². The van der Waals surface area contributed by atoms with Gasteiger partial charge in [-0.15, -0.1) is 11.3 Å². The molecular formula is C18H25N3O2S. The first-order valence-electron chi connectivity index (χ1n) is 8.65. The van der Waals surface area contributed by atoms with Gasteiger partial charge in [0.25, 0.3) is 5.91 Å². The summed E-state index contributed by atoms with van der Waals surface area (Å²) in [6.07, 6.45) is 7.09. The molecule has 1 aliphatic heterocycles. The Hall–Kier alpha value is -1.66. The fourth-order valence-corrected chi connectivity index (χ4v) is 4.01. The van der Waals surface area contributed by atoms with E-state index in [1.165, 1.54) is 0 Å². The summed E-state index contributed by atoms with van der Waals surface area (Å²) in [5.41, 5.74) is 0. The molecule has 0 saturated carbocycles. The number of nitrogens with one attached hydrogen (secondary N) is 1. The molecule has 3 heterocycles. The SMILES string of the molecule is CC(C)c1nccn1CCCNC(=O)c1ccc([C@H]2CCCO2)s1. The minimum absolute atomic E-state index is 0.0129. The Kier molecular flexibility index (Phi) is 5.68. The van der Waals surface area contributed by atoms with E-state index in [0.717, 1.165) is 48.0 Å². The maximum absolute atomic E-state index is 12.2. The monoisotopic (exact) mass is 347 g/mol. The van der Waals surface area contributed by atoms with Crippen LogP contribution in [0.15, 0.2) is 24.5 Å². The third kappa shape index (κ3) is 4.05. The second-order valence-corrected chi connectivity index (χ2v) is 7.56. The molecule has 24 heavy (non-hydrogen) atoms. The number of aryl methyl sites for hydroxylation is 1. The van der Waals surface area contributed by atoms with Crippen LogP contribution in [0, 0.1) is 0 Å². The molecule has 0 aromatic carbocycles. The number of thiophene rings is 1. The second-order valence-electron chi connectivity index (χ2n) is 6.45. The van der Waals surface area contributed by atoms with E-state index in [1.54, 1.807) is 11.3 Å². The average Bonchev–Trinajstić information content (AvgIpc) is 3.31. The molecule has 0 aliphatic carbocycles. The van der Waals surface area contributed by atoms with Gasteiger partial charge in [0, 0.05) is 42.9 Å². The summed E-state index contributed by atoms with van der Waals surface area (Å²) in [5, 5.41) is 3.01. The maximum Gasteiger partial charge on any atom is 0.261 e. The number of carbonyl (C=O) groups is 1. The van der Waals surface area contributed by atoms with Crippen molar-refractivity contribution < 1.29 is 9.53 Å². The van der Waals surface area contributed by atoms with Crippen molar-refractivity contribution in [3.63, 3.8) is 0 Å². The van der Waals surface area contributed by atoms with Crippen LogP contribution in [0.2, 0.25) is 0 Å². The molecule has 3 rings (SSSR count). The van der Waals surface area contributed by atoms with Crippen molar-refractivity contribution in [1.29, 1.82) is 0 Å². The largest absolute Gasteiger partial charge is 0.373 e. The number of imidazole rings is 1. The third-order valence-electron chi connectivity index (χ3n) is 4.22. The van der Waals surface area contributed by atoms with E-state index in [4.69, 9.17) is 4.74 Å². The average molecular weight is 347 g/mol. The van der Waals surface area contributed by atoms with Crippen LogP contribution in [-0.2, 0) is 11.3 Å². The number of hydrogen-bond donors (Lipinski definition) is 1. The molecule has 1 aliphatic rings. The highest BCUT2D eigenvalue weighted by atomic mass is 32.1. The second kappa shape index (κ2) is 7.94. The normalized spacial score (nSPS) is 17.5. The van der Waals surface area contributed by atoms with E-state index in [0.29, 0.717) is 12.5 Å². The summed E-state index contributed by atoms with van der Waals surface area (Å²) < 4.78 is 7.84. The van der Waals surface area contributed by atoms with Gasteiger partial charge in [-0.2, -0.15) is 0 Å². The van der Waals surface area contributed by atoms with Crippen LogP contribution in [0.3, 0.4) is 0 Å². The van der Waals surface area contributed by atoms with Crippen LogP contribution in [-0.4, -0.2) is 28.6 Å². The van der Waals surface area contributed by atoms with Crippen molar-refractivity contribution >= 4 is 17.2 Å². The third-order valence-corrected chi connectivity index (χ3v) is 5.40. The lowest BCUT2D eigenvalue weighted by Gasteiger charge is -2.10. The molecule has 0 radical (unpaired) electrons. The predicted octanol–water partition coefficient (Wildman–Crippen LogP) is 3.74. The lowest BCUT2D eigenvalue weighted by Crippen LogP contribution is -2.24. The Morgan fingerprint density at radius 2 is 2.38 bits per heavy atom. The number of rotatable bonds is 7. The number of ether oxygens (including phenoxy) is 1. The van der Waals surface area contributed by atoms with Crippen LogP contribution >= 0.6 is 11.3 Å². The Balaban J connectivity index is 1.45. The summed E-state index contributed by atoms with van der Waals surface area (Å²) in [4.78, 5) is 18.6. The molecule has 0 spiro atoms. The van der Waals surface area contributed by atoms with Gasteiger partial charge in [-0.3, -0.25) is 4.79 Å². The Morgan fingerprint density at radius 1 is 1.50 bits per heavy atom. The lowest BCUT2D eigenvalue weighted by molar-refractivity contribution is 0.0956. The van der Waals surface area contributed by atoms with Crippen LogP contribution in [0.25, 0.3) is 0 Å². The Bertz CT molecular complexity index is 671. The van der Waals surface area contributed by atoms with Gasteiger partial charge in [-0.25, -0.2) is 4.98 Å². The summed E-state index contributed by atoms with van der Waals surface area (Å²) in [6.45, 7) is 6.66. The highest BCUT2D eigenvalue weighted by molar-refractivity contribution is 7.14. The quantitative estimate of drug-likeness (QED) is 0.776. The zero-order chi connectivity index (χ0) is 16.9. The van der Waals surface area contributed by atoms with Gasteiger partial charge in [0.2, 0.25) is 0 Å². The first kappa shape index (κ1) is 17.2. The van der Waals surface area contributed by atoms with Crippen molar-refractivity contribution in [3.05, 3.63) is 40.1 Å². The molecule has 0 bridgehead atoms. The molecule has 1 amide bonds. The zero-order valence-corrected chi connectivity index (χ0v) is 15.1. The minimum atomic E-state index is 0.0129. The molecule has 5 nitrogen and oxygen atoms in total. The summed E-state index contributed by atoms with van der Waals surface area (Å²) in [7, 11) is 0. The van der Waals surface area contributed by atoms with E-state index >= 15 is 0 Å². The predicted molar refractivity (Wildman–Crippen MR) is 95.5 cm³/mol. The maximum atomic E-state index is 12.2. The molecule has 1 N–H and O–H groups in total. The van der Waals surface area contributed by atoms with Crippen molar-refractivity contribution in [3.8, 4) is 0 Å². The highest BCUT2D eigenvalue weighted by Crippen LogP contribution is 2.33. The molecule has 2 aromatic heterocycles. The Labute approximate surface area is 147 Å². The Morgan fingerprint density at radius 3 is 3.12 bits per heavy atom. The van der Waals surface area contributed by atoms with E-state index in [9.17, 15) is 4.79 Å². The summed E-state index contributed by atoms with van der Waals surface area (Å²) in [6, 6.07) is 3.93. The smallest absolute Gasteiger partial charge is 0.261 e. The molecule has 1 atom stereocenters. The molecule has 0 unspecified atom stereocenters. The summed E-state index contributed by atoms with van der Waals surface area (Å²) >= 11 is 1.55. The van der Waals surface area contributed by atoms with Crippen molar-refractivity contribution in [1.82, 2.24) is 14.9 Å². The van der Waals surface area contributed by atoms with Crippen molar-refractivity contribution in [2.24, 2.45) is 0 Å². The van der Waals surface area contributed by atoms with Crippen molar-refractivity contribution in [2.45, 2.75) is 51.7 Å². The number of aromatic nitrogens is 2. The van der Waals surface area contributed by atoms with Crippen LogP contribution < -0.4 is 5.32 Å². The molecular weight excluding hydrogens is 322 g/mol. The van der Waals surface area contributed by atoms with Gasteiger partial charge in [-0.1, -0.05) is 13.8 Å². The zero-order valence-electron chi connectivity index (χ0n) is 14.3. The topological polar surface area (TPSA) is 56.2 Å². The number of amides is 1. The molecule has 6 heteroatoms. The van der Waals surface area contributed by atoms with E-state index in [-0.39, 0.29) is 12.0 Å². The van der Waals surface area contributed by atoms with Crippen LogP contribution in [0.5, 0.6) is 0 Å². The van der Waals surface area contributed by atoms with Crippen molar-refractivity contribution in [2.75, 3.05) is 13.2 Å². The van der Waals surface area contributed by atoms with E-state index in [1.807, 2.05) is 24.5 Å². The first-order valence-corrected chi connectivity index (χ1v) is 9.47. The minimum Gasteiger partial charge on any atom is -0.373 e. The highest BCUT2D eigenvalue weighted by Gasteiger charge is 2.20. The van der Waals surface area contributed by atoms with Crippen LogP contribution in [0.1, 0.15) is 65.5 Å². The fourth-order valence-electron chi connectivity index (χ4n) is 3.00.